The predicted octanol–water partition coefficient (Wildman–Crippen LogP) is 1.81. The minimum absolute atomic E-state index is 0.285. The smallest absolute Gasteiger partial charge is 0.237 e. The van der Waals surface area contributed by atoms with Gasteiger partial charge in [0.25, 0.3) is 0 Å². The first-order chi connectivity index (χ1) is 8.58. The highest BCUT2D eigenvalue weighted by molar-refractivity contribution is 7.99. The predicted molar refractivity (Wildman–Crippen MR) is 75.5 cm³/mol. The summed E-state index contributed by atoms with van der Waals surface area (Å²) in [4.78, 5) is 15.7. The third kappa shape index (κ3) is 4.66. The van der Waals surface area contributed by atoms with E-state index >= 15 is 0 Å². The molecule has 1 rings (SSSR count). The molecule has 18 heavy (non-hydrogen) atoms. The number of primary amides is 1. The summed E-state index contributed by atoms with van der Waals surface area (Å²) in [5.74, 6) is 0.651. The van der Waals surface area contributed by atoms with Crippen molar-refractivity contribution in [2.24, 2.45) is 5.73 Å². The first kappa shape index (κ1) is 15.0. The minimum atomic E-state index is -0.598. The van der Waals surface area contributed by atoms with Crippen molar-refractivity contribution in [1.29, 1.82) is 0 Å². The van der Waals surface area contributed by atoms with E-state index in [2.05, 4.69) is 10.3 Å². The lowest BCUT2D eigenvalue weighted by atomic mass is 9.95. The Morgan fingerprint density at radius 2 is 2.33 bits per heavy atom. The van der Waals surface area contributed by atoms with E-state index in [0.29, 0.717) is 0 Å². The Labute approximate surface area is 113 Å². The van der Waals surface area contributed by atoms with Gasteiger partial charge in [-0.25, -0.2) is 4.98 Å². The molecule has 0 aliphatic heterocycles. The molecule has 0 radical (unpaired) electrons. The largest absolute Gasteiger partial charge is 0.368 e. The van der Waals surface area contributed by atoms with Crippen LogP contribution in [0, 0.1) is 0 Å². The zero-order chi connectivity index (χ0) is 13.4. The highest BCUT2D eigenvalue weighted by Gasteiger charge is 2.28. The third-order valence-corrected chi connectivity index (χ3v) is 3.85. The summed E-state index contributed by atoms with van der Waals surface area (Å²) >= 11 is 1.70. The summed E-state index contributed by atoms with van der Waals surface area (Å²) in [7, 11) is 0. The summed E-state index contributed by atoms with van der Waals surface area (Å²) in [6.45, 7) is 4.58. The molecule has 1 atom stereocenters. The number of hydrogen-bond donors (Lipinski definition) is 2. The molecule has 0 fully saturated rings. The molecule has 3 N–H and O–H groups in total. The summed E-state index contributed by atoms with van der Waals surface area (Å²) < 4.78 is 0. The fourth-order valence-corrected chi connectivity index (χ4v) is 2.53. The number of likely N-dealkylation sites (N-methyl/N-ethyl adjacent to an activating group) is 1. The van der Waals surface area contributed by atoms with Gasteiger partial charge in [-0.1, -0.05) is 13.0 Å². The maximum absolute atomic E-state index is 11.4. The number of pyridine rings is 1. The number of carbonyl (C=O) groups excluding carboxylic acids is 1. The zero-order valence-electron chi connectivity index (χ0n) is 11.0. The van der Waals surface area contributed by atoms with Crippen LogP contribution in [0.2, 0.25) is 0 Å². The summed E-state index contributed by atoms with van der Waals surface area (Å²) in [5.41, 5.74) is 4.83. The van der Waals surface area contributed by atoms with E-state index in [1.54, 1.807) is 18.0 Å². The van der Waals surface area contributed by atoms with Crippen molar-refractivity contribution in [3.8, 4) is 0 Å². The van der Waals surface area contributed by atoms with Gasteiger partial charge in [0.2, 0.25) is 5.91 Å². The van der Waals surface area contributed by atoms with Crippen LogP contribution in [0.25, 0.3) is 0 Å². The van der Waals surface area contributed by atoms with Crippen molar-refractivity contribution in [3.05, 3.63) is 24.4 Å². The number of nitrogens with two attached hydrogens (primary N) is 1. The average molecular weight is 267 g/mol. The van der Waals surface area contributed by atoms with Gasteiger partial charge >= 0.3 is 0 Å². The summed E-state index contributed by atoms with van der Waals surface area (Å²) in [6.07, 6.45) is 3.46. The van der Waals surface area contributed by atoms with Gasteiger partial charge < -0.3 is 11.1 Å². The number of aromatic nitrogens is 1. The van der Waals surface area contributed by atoms with Crippen LogP contribution in [0.4, 0.5) is 0 Å². The van der Waals surface area contributed by atoms with Crippen molar-refractivity contribution >= 4 is 17.7 Å². The molecular formula is C13H21N3OS. The van der Waals surface area contributed by atoms with Crippen molar-refractivity contribution < 1.29 is 4.79 Å². The molecular weight excluding hydrogens is 246 g/mol. The van der Waals surface area contributed by atoms with Crippen molar-refractivity contribution in [2.45, 2.75) is 37.3 Å². The molecule has 1 aromatic heterocycles. The second-order valence-corrected chi connectivity index (χ2v) is 5.46. The average Bonchev–Trinajstić information content (AvgIpc) is 2.36. The standard InChI is InChI=1S/C13H21N3OS/c1-3-16-13(2,12(14)17)8-6-10-18-11-7-4-5-9-15-11/h4-5,7,9,16H,3,6,8,10H2,1-2H3,(H2,14,17). The molecule has 0 bridgehead atoms. The van der Waals surface area contributed by atoms with E-state index in [-0.39, 0.29) is 5.91 Å². The Morgan fingerprint density at radius 1 is 1.56 bits per heavy atom. The molecule has 1 amide bonds. The number of hydrogen-bond acceptors (Lipinski definition) is 4. The number of thioether (sulfide) groups is 1. The van der Waals surface area contributed by atoms with Crippen LogP contribution < -0.4 is 11.1 Å². The molecule has 1 aromatic rings. The topological polar surface area (TPSA) is 68.0 Å². The highest BCUT2D eigenvalue weighted by atomic mass is 32.2. The fraction of sp³-hybridized carbons (Fsp3) is 0.538. The van der Waals surface area contributed by atoms with Gasteiger partial charge in [-0.15, -0.1) is 11.8 Å². The van der Waals surface area contributed by atoms with Crippen LogP contribution >= 0.6 is 11.8 Å². The maximum Gasteiger partial charge on any atom is 0.237 e. The van der Waals surface area contributed by atoms with Gasteiger partial charge in [0, 0.05) is 6.20 Å². The molecule has 0 saturated carbocycles. The first-order valence-corrected chi connectivity index (χ1v) is 7.16. The van der Waals surface area contributed by atoms with Crippen LogP contribution in [-0.4, -0.2) is 28.7 Å². The Hall–Kier alpha value is -1.07. The van der Waals surface area contributed by atoms with Crippen LogP contribution in [0.5, 0.6) is 0 Å². The van der Waals surface area contributed by atoms with Gasteiger partial charge in [-0.3, -0.25) is 4.79 Å². The summed E-state index contributed by atoms with van der Waals surface area (Å²) in [5, 5.41) is 4.17. The van der Waals surface area contributed by atoms with Crippen LogP contribution in [-0.2, 0) is 4.79 Å². The molecule has 5 heteroatoms. The van der Waals surface area contributed by atoms with Crippen LogP contribution in [0.1, 0.15) is 26.7 Å². The Balaban J connectivity index is 2.34. The SMILES string of the molecule is CCNC(C)(CCCSc1ccccn1)C(N)=O. The Morgan fingerprint density at radius 3 is 2.89 bits per heavy atom. The molecule has 100 valence electrons. The van der Waals surface area contributed by atoms with Gasteiger partial charge in [-0.2, -0.15) is 0 Å². The first-order valence-electron chi connectivity index (χ1n) is 6.17. The van der Waals surface area contributed by atoms with Crippen molar-refractivity contribution in [2.75, 3.05) is 12.3 Å². The lowest BCUT2D eigenvalue weighted by Gasteiger charge is -2.26. The highest BCUT2D eigenvalue weighted by Crippen LogP contribution is 2.19. The lowest BCUT2D eigenvalue weighted by molar-refractivity contribution is -0.124. The molecule has 0 saturated heterocycles. The van der Waals surface area contributed by atoms with E-state index in [9.17, 15) is 4.79 Å². The molecule has 0 aromatic carbocycles. The minimum Gasteiger partial charge on any atom is -0.368 e. The van der Waals surface area contributed by atoms with E-state index in [1.165, 1.54) is 0 Å². The Bertz CT molecular complexity index is 372. The summed E-state index contributed by atoms with van der Waals surface area (Å²) in [6, 6.07) is 5.86. The van der Waals surface area contributed by atoms with E-state index in [0.717, 1.165) is 30.2 Å². The second kappa shape index (κ2) is 7.38. The van der Waals surface area contributed by atoms with Gasteiger partial charge in [0.05, 0.1) is 10.6 Å². The molecule has 1 unspecified atom stereocenters. The molecule has 0 aliphatic rings. The van der Waals surface area contributed by atoms with Crippen LogP contribution in [0.3, 0.4) is 0 Å². The van der Waals surface area contributed by atoms with Gasteiger partial charge in [0.15, 0.2) is 0 Å². The second-order valence-electron chi connectivity index (χ2n) is 4.35. The van der Waals surface area contributed by atoms with E-state index < -0.39 is 5.54 Å². The van der Waals surface area contributed by atoms with Crippen molar-refractivity contribution in [1.82, 2.24) is 10.3 Å². The molecule has 1 heterocycles. The maximum atomic E-state index is 11.4. The van der Waals surface area contributed by atoms with E-state index in [1.807, 2.05) is 32.0 Å². The van der Waals surface area contributed by atoms with Crippen LogP contribution in [0.15, 0.2) is 29.4 Å². The molecule has 4 nitrogen and oxygen atoms in total. The zero-order valence-corrected chi connectivity index (χ0v) is 11.8. The lowest BCUT2D eigenvalue weighted by Crippen LogP contribution is -2.53. The number of nitrogens with one attached hydrogen (secondary N) is 1. The molecule has 0 spiro atoms. The number of carbonyl (C=O) groups is 1. The molecule has 0 aliphatic carbocycles. The monoisotopic (exact) mass is 267 g/mol. The van der Waals surface area contributed by atoms with Gasteiger partial charge in [-0.05, 0) is 44.2 Å². The quantitative estimate of drug-likeness (QED) is 0.557. The number of rotatable bonds is 8. The fourth-order valence-electron chi connectivity index (χ4n) is 1.72. The van der Waals surface area contributed by atoms with E-state index in [4.69, 9.17) is 5.73 Å². The normalized spacial score (nSPS) is 14.1. The van der Waals surface area contributed by atoms with Crippen molar-refractivity contribution in [3.63, 3.8) is 0 Å². The number of nitrogens with zero attached hydrogens (tertiary/aromatic N) is 1. The Kier molecular flexibility index (Phi) is 6.15. The number of amides is 1. The van der Waals surface area contributed by atoms with Gasteiger partial charge in [0.1, 0.15) is 0 Å². The third-order valence-electron chi connectivity index (χ3n) is 2.82.